The fourth-order valence-corrected chi connectivity index (χ4v) is 2.98. The van der Waals surface area contributed by atoms with Crippen LogP contribution >= 0.6 is 0 Å². The van der Waals surface area contributed by atoms with Crippen molar-refractivity contribution < 1.29 is 9.59 Å². The molecule has 2 aromatic rings. The number of piperidine rings is 1. The second-order valence-electron chi connectivity index (χ2n) is 6.28. The van der Waals surface area contributed by atoms with Crippen LogP contribution in [0.2, 0.25) is 0 Å². The Hall–Kier alpha value is -3.16. The third-order valence-corrected chi connectivity index (χ3v) is 4.55. The SMILES string of the molecule is C=CC(=O)N1CCC(C(=O)Nc2ccc(-n3ncn(C)c3=O)cc2)CC1. The predicted octanol–water partition coefficient (Wildman–Crippen LogP) is 0.934. The monoisotopic (exact) mass is 355 g/mol. The van der Waals surface area contributed by atoms with Crippen LogP contribution in [-0.4, -0.2) is 44.2 Å². The van der Waals surface area contributed by atoms with Crippen molar-refractivity contribution in [1.29, 1.82) is 0 Å². The molecule has 1 aliphatic rings. The molecule has 1 N–H and O–H groups in total. The molecule has 0 bridgehead atoms. The highest BCUT2D eigenvalue weighted by molar-refractivity contribution is 5.93. The zero-order valence-corrected chi connectivity index (χ0v) is 14.6. The Balaban J connectivity index is 1.60. The third kappa shape index (κ3) is 3.58. The van der Waals surface area contributed by atoms with Gasteiger partial charge in [-0.25, -0.2) is 4.79 Å². The van der Waals surface area contributed by atoms with Gasteiger partial charge in [0.1, 0.15) is 6.33 Å². The summed E-state index contributed by atoms with van der Waals surface area (Å²) in [5.41, 5.74) is 1.06. The number of nitrogens with zero attached hydrogens (tertiary/aromatic N) is 4. The van der Waals surface area contributed by atoms with Crippen LogP contribution in [0, 0.1) is 5.92 Å². The lowest BCUT2D eigenvalue weighted by atomic mass is 9.95. The van der Waals surface area contributed by atoms with E-state index in [4.69, 9.17) is 0 Å². The standard InChI is InChI=1S/C18H21N5O3/c1-3-16(24)22-10-8-13(9-11-22)17(25)20-14-4-6-15(7-5-14)23-18(26)21(2)12-19-23/h3-7,12-13H,1,8-11H2,2H3,(H,20,25). The number of aryl methyl sites for hydroxylation is 1. The summed E-state index contributed by atoms with van der Waals surface area (Å²) in [6.45, 7) is 4.60. The second-order valence-corrected chi connectivity index (χ2v) is 6.28. The van der Waals surface area contributed by atoms with E-state index in [2.05, 4.69) is 17.0 Å². The quantitative estimate of drug-likeness (QED) is 0.827. The number of carbonyl (C=O) groups excluding carboxylic acids is 2. The Labute approximate surface area is 150 Å². The summed E-state index contributed by atoms with van der Waals surface area (Å²) in [4.78, 5) is 37.6. The van der Waals surface area contributed by atoms with E-state index in [9.17, 15) is 14.4 Å². The van der Waals surface area contributed by atoms with E-state index in [1.807, 2.05) is 0 Å². The Kier molecular flexibility index (Phi) is 5.01. The largest absolute Gasteiger partial charge is 0.350 e. The molecule has 0 spiro atoms. The highest BCUT2D eigenvalue weighted by Gasteiger charge is 2.26. The summed E-state index contributed by atoms with van der Waals surface area (Å²) in [5, 5.41) is 6.91. The van der Waals surface area contributed by atoms with Gasteiger partial charge >= 0.3 is 5.69 Å². The Bertz CT molecular complexity index is 873. The van der Waals surface area contributed by atoms with Crippen molar-refractivity contribution in [3.05, 3.63) is 53.7 Å². The first-order chi connectivity index (χ1) is 12.5. The van der Waals surface area contributed by atoms with Crippen LogP contribution in [0.5, 0.6) is 0 Å². The van der Waals surface area contributed by atoms with Crippen LogP contribution in [-0.2, 0) is 16.6 Å². The van der Waals surface area contributed by atoms with Crippen LogP contribution in [0.25, 0.3) is 5.69 Å². The molecule has 26 heavy (non-hydrogen) atoms. The summed E-state index contributed by atoms with van der Waals surface area (Å²) < 4.78 is 2.68. The first-order valence-electron chi connectivity index (χ1n) is 8.43. The van der Waals surface area contributed by atoms with Crippen molar-refractivity contribution >= 4 is 17.5 Å². The minimum atomic E-state index is -0.234. The average Bonchev–Trinajstić information content (AvgIpc) is 3.00. The van der Waals surface area contributed by atoms with Gasteiger partial charge in [0.15, 0.2) is 0 Å². The van der Waals surface area contributed by atoms with Crippen molar-refractivity contribution in [2.45, 2.75) is 12.8 Å². The number of rotatable bonds is 4. The average molecular weight is 355 g/mol. The Morgan fingerprint density at radius 2 is 1.88 bits per heavy atom. The smallest absolute Gasteiger partial charge is 0.339 e. The molecule has 0 aliphatic carbocycles. The summed E-state index contributed by atoms with van der Waals surface area (Å²) in [7, 11) is 1.63. The molecule has 1 saturated heterocycles. The zero-order chi connectivity index (χ0) is 18.7. The topological polar surface area (TPSA) is 89.2 Å². The van der Waals surface area contributed by atoms with Gasteiger partial charge in [-0.2, -0.15) is 9.78 Å². The molecule has 8 nitrogen and oxygen atoms in total. The van der Waals surface area contributed by atoms with Gasteiger partial charge in [-0.05, 0) is 43.2 Å². The molecule has 1 aromatic carbocycles. The van der Waals surface area contributed by atoms with Crippen molar-refractivity contribution in [2.75, 3.05) is 18.4 Å². The van der Waals surface area contributed by atoms with Gasteiger partial charge in [0.25, 0.3) is 0 Å². The van der Waals surface area contributed by atoms with E-state index in [-0.39, 0.29) is 23.4 Å². The van der Waals surface area contributed by atoms with Gasteiger partial charge in [-0.15, -0.1) is 0 Å². The molecule has 136 valence electrons. The molecule has 1 aliphatic heterocycles. The molecule has 0 saturated carbocycles. The van der Waals surface area contributed by atoms with Gasteiger partial charge < -0.3 is 10.2 Å². The molecule has 0 atom stereocenters. The van der Waals surface area contributed by atoms with Crippen molar-refractivity contribution in [3.8, 4) is 5.69 Å². The van der Waals surface area contributed by atoms with E-state index < -0.39 is 0 Å². The maximum atomic E-state index is 12.4. The first-order valence-corrected chi connectivity index (χ1v) is 8.43. The zero-order valence-electron chi connectivity index (χ0n) is 14.6. The number of amides is 2. The fourth-order valence-electron chi connectivity index (χ4n) is 2.98. The Morgan fingerprint density at radius 1 is 1.23 bits per heavy atom. The highest BCUT2D eigenvalue weighted by atomic mass is 16.2. The van der Waals surface area contributed by atoms with Crippen LogP contribution in [0.1, 0.15) is 12.8 Å². The molecule has 1 aromatic heterocycles. The minimum absolute atomic E-state index is 0.0570. The van der Waals surface area contributed by atoms with Crippen molar-refractivity contribution in [2.24, 2.45) is 13.0 Å². The van der Waals surface area contributed by atoms with Crippen LogP contribution < -0.4 is 11.0 Å². The summed E-state index contributed by atoms with van der Waals surface area (Å²) in [6, 6.07) is 6.94. The molecular weight excluding hydrogens is 334 g/mol. The number of likely N-dealkylation sites (tertiary alicyclic amines) is 1. The minimum Gasteiger partial charge on any atom is -0.339 e. The Morgan fingerprint density at radius 3 is 2.42 bits per heavy atom. The van der Waals surface area contributed by atoms with E-state index >= 15 is 0 Å². The lowest BCUT2D eigenvalue weighted by Gasteiger charge is -2.30. The number of nitrogens with one attached hydrogen (secondary N) is 1. The highest BCUT2D eigenvalue weighted by Crippen LogP contribution is 2.20. The number of benzene rings is 1. The fraction of sp³-hybridized carbons (Fsp3) is 0.333. The van der Waals surface area contributed by atoms with Crippen molar-refractivity contribution in [1.82, 2.24) is 19.2 Å². The van der Waals surface area contributed by atoms with Gasteiger partial charge in [0.2, 0.25) is 11.8 Å². The van der Waals surface area contributed by atoms with Gasteiger partial charge in [-0.3, -0.25) is 14.2 Å². The van der Waals surface area contributed by atoms with E-state index in [0.717, 1.165) is 0 Å². The van der Waals surface area contributed by atoms with Crippen LogP contribution in [0.3, 0.4) is 0 Å². The maximum absolute atomic E-state index is 12.4. The summed E-state index contributed by atoms with van der Waals surface area (Å²) in [5.74, 6) is -0.274. The number of aromatic nitrogens is 3. The molecule has 1 fully saturated rings. The van der Waals surface area contributed by atoms with Gasteiger partial charge in [-0.1, -0.05) is 6.58 Å². The lowest BCUT2D eigenvalue weighted by Crippen LogP contribution is -2.40. The predicted molar refractivity (Wildman–Crippen MR) is 96.9 cm³/mol. The first kappa shape index (κ1) is 17.7. The lowest BCUT2D eigenvalue weighted by molar-refractivity contribution is -0.130. The number of hydrogen-bond donors (Lipinski definition) is 1. The normalized spacial score (nSPS) is 14.9. The molecule has 8 heteroatoms. The number of anilines is 1. The number of hydrogen-bond acceptors (Lipinski definition) is 4. The van der Waals surface area contributed by atoms with Crippen LogP contribution in [0.4, 0.5) is 5.69 Å². The molecule has 2 amide bonds. The van der Waals surface area contributed by atoms with Crippen molar-refractivity contribution in [3.63, 3.8) is 0 Å². The summed E-state index contributed by atoms with van der Waals surface area (Å²) in [6.07, 6.45) is 4.01. The number of carbonyl (C=O) groups is 2. The maximum Gasteiger partial charge on any atom is 0.350 e. The summed E-state index contributed by atoms with van der Waals surface area (Å²) >= 11 is 0. The van der Waals surface area contributed by atoms with Crippen LogP contribution in [0.15, 0.2) is 48.0 Å². The van der Waals surface area contributed by atoms with E-state index in [0.29, 0.717) is 37.3 Å². The van der Waals surface area contributed by atoms with E-state index in [1.165, 1.54) is 21.7 Å². The molecule has 0 unspecified atom stereocenters. The van der Waals surface area contributed by atoms with E-state index in [1.54, 1.807) is 36.2 Å². The van der Waals surface area contributed by atoms with Gasteiger partial charge in [0, 0.05) is 31.7 Å². The van der Waals surface area contributed by atoms with Gasteiger partial charge in [0.05, 0.1) is 5.69 Å². The molecule has 2 heterocycles. The molecular formula is C18H21N5O3. The molecule has 0 radical (unpaired) electrons. The molecule has 3 rings (SSSR count). The third-order valence-electron chi connectivity index (χ3n) is 4.55. The second kappa shape index (κ2) is 7.38.